The van der Waals surface area contributed by atoms with Gasteiger partial charge < -0.3 is 15.0 Å². The highest BCUT2D eigenvalue weighted by Gasteiger charge is 2.18. The number of esters is 1. The summed E-state index contributed by atoms with van der Waals surface area (Å²) < 4.78 is 19.0. The minimum absolute atomic E-state index is 0.216. The van der Waals surface area contributed by atoms with Gasteiger partial charge in [0.2, 0.25) is 6.41 Å². The number of fused-ring (bicyclic) bond motifs is 1. The number of nitrogens with zero attached hydrogens (tertiary/aromatic N) is 3. The van der Waals surface area contributed by atoms with Gasteiger partial charge in [-0.25, -0.2) is 14.2 Å². The smallest absolute Gasteiger partial charge is 0.339 e. The zero-order valence-corrected chi connectivity index (χ0v) is 20.5. The lowest BCUT2D eigenvalue weighted by Gasteiger charge is -2.11. The Bertz CT molecular complexity index is 1480. The van der Waals surface area contributed by atoms with Gasteiger partial charge in [0, 0.05) is 37.2 Å². The Morgan fingerprint density at radius 3 is 2.37 bits per heavy atom. The second-order valence-electron chi connectivity index (χ2n) is 8.05. The number of hydrogen-bond acceptors (Lipinski definition) is 7. The molecule has 0 spiro atoms. The average molecular weight is 519 g/mol. The van der Waals surface area contributed by atoms with Crippen LogP contribution in [-0.2, 0) is 14.3 Å². The zero-order valence-electron chi connectivity index (χ0n) is 20.5. The fourth-order valence-electron chi connectivity index (χ4n) is 3.22. The van der Waals surface area contributed by atoms with Gasteiger partial charge in [0.05, 0.1) is 27.4 Å². The molecule has 2 amide bonds. The highest BCUT2D eigenvalue weighted by Crippen LogP contribution is 2.25. The minimum Gasteiger partial charge on any atom is -0.452 e. The van der Waals surface area contributed by atoms with Crippen LogP contribution in [0.4, 0.5) is 15.8 Å². The number of benzene rings is 3. The number of pyridine rings is 1. The van der Waals surface area contributed by atoms with Crippen LogP contribution in [0.5, 0.6) is 0 Å². The molecule has 0 fully saturated rings. The normalized spacial score (nSPS) is 10.1. The summed E-state index contributed by atoms with van der Waals surface area (Å²) in [6.07, 6.45) is 0.750. The molecule has 0 atom stereocenters. The molecule has 1 aromatic heterocycles. The number of nitro groups is 1. The molecule has 4 rings (SSSR count). The number of carbonyl (C=O) groups is 3. The molecule has 0 unspecified atom stereocenters. The van der Waals surface area contributed by atoms with Gasteiger partial charge >= 0.3 is 5.97 Å². The average Bonchev–Trinajstić information content (AvgIpc) is 2.93. The van der Waals surface area contributed by atoms with Gasteiger partial charge in [-0.3, -0.25) is 19.7 Å². The van der Waals surface area contributed by atoms with Gasteiger partial charge in [0.15, 0.2) is 6.61 Å². The van der Waals surface area contributed by atoms with Crippen LogP contribution in [0.2, 0.25) is 0 Å². The molecule has 0 aliphatic carbocycles. The maximum absolute atomic E-state index is 13.9. The Labute approximate surface area is 216 Å². The van der Waals surface area contributed by atoms with Crippen LogP contribution < -0.4 is 5.32 Å². The first-order valence-electron chi connectivity index (χ1n) is 11.2. The van der Waals surface area contributed by atoms with E-state index in [-0.39, 0.29) is 16.9 Å². The topological polar surface area (TPSA) is 132 Å². The summed E-state index contributed by atoms with van der Waals surface area (Å²) in [5.74, 6) is -2.46. The third-order valence-electron chi connectivity index (χ3n) is 4.99. The molecular formula is C27H23FN4O6. The highest BCUT2D eigenvalue weighted by molar-refractivity contribution is 6.05. The van der Waals surface area contributed by atoms with Crippen LogP contribution in [0, 0.1) is 15.9 Å². The van der Waals surface area contributed by atoms with E-state index < -0.39 is 29.2 Å². The molecule has 0 aliphatic rings. The number of ether oxygens (including phenoxy) is 1. The van der Waals surface area contributed by atoms with Crippen molar-refractivity contribution in [1.29, 1.82) is 0 Å². The van der Waals surface area contributed by atoms with Crippen molar-refractivity contribution in [1.82, 2.24) is 9.88 Å². The van der Waals surface area contributed by atoms with Crippen molar-refractivity contribution in [3.8, 4) is 11.3 Å². The van der Waals surface area contributed by atoms with Crippen LogP contribution in [0.3, 0.4) is 0 Å². The highest BCUT2D eigenvalue weighted by atomic mass is 19.1. The van der Waals surface area contributed by atoms with E-state index in [4.69, 9.17) is 4.74 Å². The molecule has 0 saturated heterocycles. The number of rotatable bonds is 7. The van der Waals surface area contributed by atoms with Crippen LogP contribution >= 0.6 is 0 Å². The van der Waals surface area contributed by atoms with Crippen LogP contribution in [0.1, 0.15) is 10.4 Å². The summed E-state index contributed by atoms with van der Waals surface area (Å²) in [6.45, 7) is -0.710. The van der Waals surface area contributed by atoms with E-state index in [9.17, 15) is 28.9 Å². The predicted molar refractivity (Wildman–Crippen MR) is 139 cm³/mol. The Morgan fingerprint density at radius 1 is 1.05 bits per heavy atom. The Balaban J connectivity index is 0.000000732. The Kier molecular flexibility index (Phi) is 9.14. The fraction of sp³-hybridized carbons (Fsp3) is 0.111. The number of hydrogen-bond donors (Lipinski definition) is 1. The Hall–Kier alpha value is -5.19. The summed E-state index contributed by atoms with van der Waals surface area (Å²) in [4.78, 5) is 50.6. The maximum atomic E-state index is 13.9. The molecule has 38 heavy (non-hydrogen) atoms. The molecule has 1 heterocycles. The lowest BCUT2D eigenvalue weighted by molar-refractivity contribution is -0.384. The lowest BCUT2D eigenvalue weighted by Crippen LogP contribution is -2.21. The SMILES string of the molecule is CN(C)C=O.O=C(COC(=O)c1cc(-c2ccccc2)nc2ccccc12)Nc1cc([N+](=O)[O-])ccc1F. The van der Waals surface area contributed by atoms with E-state index in [0.29, 0.717) is 16.6 Å². The van der Waals surface area contributed by atoms with E-state index in [1.807, 2.05) is 30.3 Å². The van der Waals surface area contributed by atoms with Crippen LogP contribution in [0.25, 0.3) is 22.2 Å². The van der Waals surface area contributed by atoms with Crippen molar-refractivity contribution in [2.24, 2.45) is 0 Å². The van der Waals surface area contributed by atoms with Gasteiger partial charge in [-0.15, -0.1) is 0 Å². The molecule has 0 radical (unpaired) electrons. The van der Waals surface area contributed by atoms with Gasteiger partial charge in [0.1, 0.15) is 5.82 Å². The van der Waals surface area contributed by atoms with Crippen molar-refractivity contribution in [2.45, 2.75) is 0 Å². The van der Waals surface area contributed by atoms with Crippen molar-refractivity contribution in [2.75, 3.05) is 26.0 Å². The number of amides is 2. The van der Waals surface area contributed by atoms with Crippen LogP contribution in [-0.4, -0.2) is 53.8 Å². The van der Waals surface area contributed by atoms with Crippen molar-refractivity contribution >= 4 is 40.6 Å². The number of non-ortho nitro benzene ring substituents is 1. The van der Waals surface area contributed by atoms with Crippen molar-refractivity contribution in [3.63, 3.8) is 0 Å². The summed E-state index contributed by atoms with van der Waals surface area (Å²) in [5, 5.41) is 13.6. The number of carbonyl (C=O) groups excluding carboxylic acids is 3. The van der Waals surface area contributed by atoms with E-state index >= 15 is 0 Å². The maximum Gasteiger partial charge on any atom is 0.339 e. The molecule has 3 aromatic carbocycles. The fourth-order valence-corrected chi connectivity index (χ4v) is 3.22. The quantitative estimate of drug-likeness (QED) is 0.165. The van der Waals surface area contributed by atoms with Crippen molar-refractivity contribution < 1.29 is 28.4 Å². The summed E-state index contributed by atoms with van der Waals surface area (Å²) in [6, 6.07) is 20.6. The van der Waals surface area contributed by atoms with Gasteiger partial charge in [-0.2, -0.15) is 0 Å². The summed E-state index contributed by atoms with van der Waals surface area (Å²) in [5.41, 5.74) is 1.38. The molecule has 4 aromatic rings. The zero-order chi connectivity index (χ0) is 27.7. The molecule has 10 nitrogen and oxygen atoms in total. The van der Waals surface area contributed by atoms with Crippen molar-refractivity contribution in [3.05, 3.63) is 100 Å². The number of anilines is 1. The van der Waals surface area contributed by atoms with Gasteiger partial charge in [0.25, 0.3) is 11.6 Å². The Morgan fingerprint density at radius 2 is 1.71 bits per heavy atom. The first kappa shape index (κ1) is 27.4. The summed E-state index contributed by atoms with van der Waals surface area (Å²) >= 11 is 0. The van der Waals surface area contributed by atoms with E-state index in [1.165, 1.54) is 4.90 Å². The third-order valence-corrected chi connectivity index (χ3v) is 4.99. The summed E-state index contributed by atoms with van der Waals surface area (Å²) in [7, 11) is 3.38. The predicted octanol–water partition coefficient (Wildman–Crippen LogP) is 4.45. The molecule has 0 aliphatic heterocycles. The molecule has 11 heteroatoms. The number of nitro benzene ring substituents is 1. The lowest BCUT2D eigenvalue weighted by atomic mass is 10.0. The van der Waals surface area contributed by atoms with E-state index in [0.717, 1.165) is 30.2 Å². The van der Waals surface area contributed by atoms with Crippen LogP contribution in [0.15, 0.2) is 78.9 Å². The molecule has 0 bridgehead atoms. The third kappa shape index (κ3) is 7.17. The molecular weight excluding hydrogens is 495 g/mol. The number of nitrogens with one attached hydrogen (secondary N) is 1. The number of aromatic nitrogens is 1. The number of halogens is 1. The molecule has 0 saturated carbocycles. The minimum atomic E-state index is -0.854. The largest absolute Gasteiger partial charge is 0.452 e. The first-order valence-corrected chi connectivity index (χ1v) is 11.2. The molecule has 1 N–H and O–H groups in total. The molecule has 194 valence electrons. The van der Waals surface area contributed by atoms with E-state index in [2.05, 4.69) is 10.3 Å². The van der Waals surface area contributed by atoms with E-state index in [1.54, 1.807) is 44.4 Å². The number of para-hydroxylation sites is 1. The van der Waals surface area contributed by atoms with Gasteiger partial charge in [-0.05, 0) is 18.2 Å². The first-order chi connectivity index (χ1) is 18.2. The van der Waals surface area contributed by atoms with Gasteiger partial charge in [-0.1, -0.05) is 48.5 Å². The second-order valence-corrected chi connectivity index (χ2v) is 8.05. The monoisotopic (exact) mass is 518 g/mol. The standard InChI is InChI=1S/C24H16FN3O5.C3H7NO/c25-19-11-10-16(28(31)32)12-22(19)27-23(29)14-33-24(30)18-13-21(15-6-2-1-3-7-15)26-20-9-5-4-8-17(18)20;1-4(2)3-5/h1-13H,14H2,(H,27,29);3H,1-2H3. The second kappa shape index (κ2) is 12.7.